The van der Waals surface area contributed by atoms with Gasteiger partial charge >= 0.3 is 7.82 Å². The van der Waals surface area contributed by atoms with E-state index in [2.05, 4.69) is 39.2 Å². The largest absolute Gasteiger partial charge is 0.587 e. The van der Waals surface area contributed by atoms with Gasteiger partial charge in [-0.2, -0.15) is 32.5 Å². The van der Waals surface area contributed by atoms with Crippen LogP contribution in [0.4, 0.5) is 11.6 Å². The number of rotatable bonds is 30. The van der Waals surface area contributed by atoms with E-state index >= 15 is 4.57 Å². The van der Waals surface area contributed by atoms with Crippen LogP contribution in [0.15, 0.2) is 73.3 Å². The molecule has 8 heterocycles. The Bertz CT molecular complexity index is 3230. The van der Waals surface area contributed by atoms with E-state index in [1.54, 1.807) is 88.4 Å². The van der Waals surface area contributed by atoms with Gasteiger partial charge in [0.1, 0.15) is 60.2 Å². The number of nitrogens with zero attached hydrogens (tertiary/aromatic N) is 8. The van der Waals surface area contributed by atoms with Gasteiger partial charge in [-0.3, -0.25) is 4.52 Å². The predicted molar refractivity (Wildman–Crippen MR) is 324 cm³/mol. The molecule has 0 radical (unpaired) electrons. The second-order valence-electron chi connectivity index (χ2n) is 23.3. The highest BCUT2D eigenvalue weighted by molar-refractivity contribution is 7.99. The minimum Gasteiger partial charge on any atom is -0.393 e. The van der Waals surface area contributed by atoms with Crippen LogP contribution in [0.2, 0.25) is 10.0 Å². The highest BCUT2D eigenvalue weighted by Gasteiger charge is 2.67. The zero-order chi connectivity index (χ0) is 60.0. The van der Waals surface area contributed by atoms with Crippen molar-refractivity contribution in [2.45, 2.75) is 203 Å². The quantitative estimate of drug-likeness (QED) is 0.0314. The third-order valence-electron chi connectivity index (χ3n) is 16.2. The number of hydrogen-bond acceptors (Lipinski definition) is 19. The molecule has 0 bridgehead atoms. The van der Waals surface area contributed by atoms with Crippen molar-refractivity contribution >= 4 is 65.5 Å². The lowest BCUT2D eigenvalue weighted by atomic mass is 9.91. The molecule has 4 aliphatic heterocycles. The molecule has 0 saturated carbocycles. The van der Waals surface area contributed by atoms with E-state index < -0.39 is 67.2 Å². The lowest BCUT2D eigenvalue weighted by Gasteiger charge is -2.29. The monoisotopic (exact) mass is 1240 g/mol. The number of nitriles is 2. The van der Waals surface area contributed by atoms with Crippen molar-refractivity contribution in [1.82, 2.24) is 29.2 Å². The number of hydrogen-bond donors (Lipinski definition) is 2. The molecular weight excluding hydrogens is 1170 g/mol. The van der Waals surface area contributed by atoms with Crippen LogP contribution in [0.1, 0.15) is 153 Å². The number of nitrogens with two attached hydrogens (primary N) is 2. The lowest BCUT2D eigenvalue weighted by Crippen LogP contribution is -2.40. The van der Waals surface area contributed by atoms with Gasteiger partial charge in [0, 0.05) is 12.8 Å². The van der Waals surface area contributed by atoms with Crippen LogP contribution >= 0.6 is 42.8 Å². The summed E-state index contributed by atoms with van der Waals surface area (Å²) in [7, 11) is -4.63. The van der Waals surface area contributed by atoms with Crippen LogP contribution in [-0.4, -0.2) is 95.5 Å². The maximum Gasteiger partial charge on any atom is 0.587 e. The molecule has 0 amide bonds. The van der Waals surface area contributed by atoms with Gasteiger partial charge in [0.25, 0.3) is 0 Å². The first kappa shape index (κ1) is 62.8. The highest BCUT2D eigenvalue weighted by Crippen LogP contribution is 2.56. The molecule has 2 aromatic carbocycles. The molecule has 85 heavy (non-hydrogen) atoms. The molecule has 20 nitrogen and oxygen atoms in total. The van der Waals surface area contributed by atoms with Crippen LogP contribution in [-0.2, 0) is 61.6 Å². The van der Waals surface area contributed by atoms with Gasteiger partial charge in [0.2, 0.25) is 11.2 Å². The summed E-state index contributed by atoms with van der Waals surface area (Å²) in [6.45, 7) is 9.39. The van der Waals surface area contributed by atoms with Crippen molar-refractivity contribution in [2.75, 3.05) is 29.6 Å². The molecule has 0 unspecified atom stereocenters. The van der Waals surface area contributed by atoms with E-state index in [0.29, 0.717) is 40.0 Å². The fourth-order valence-electron chi connectivity index (χ4n) is 12.1. The minimum atomic E-state index is -4.63. The SMILES string of the molecule is CCCCCCCCCCCCCCCCSCCCOP(=O)(Oc1cccc(C[C@H]2O[C@@](C#N)(c3ccc4c(N)ncnn34)[C@@H]3OC(C)(C)O[C@@H]32)c1Cl)Oc1cccc(C[C@H]2O[C@@](C#N)(c3ccc4c(N)ncnn34)[C@@H]3OC(C)(C)O[C@@H]32)c1Cl. The number of thioether (sulfide) groups is 1. The van der Waals surface area contributed by atoms with E-state index in [-0.39, 0.29) is 52.6 Å². The summed E-state index contributed by atoms with van der Waals surface area (Å²) in [5.41, 5.74) is 11.8. The first-order valence-electron chi connectivity index (χ1n) is 29.8. The van der Waals surface area contributed by atoms with E-state index in [9.17, 15) is 10.5 Å². The Hall–Kier alpha value is -5.26. The van der Waals surface area contributed by atoms with E-state index in [1.807, 2.05) is 11.8 Å². The fraction of sp³-hybridized carbons (Fsp3) is 0.574. The summed E-state index contributed by atoms with van der Waals surface area (Å²) >= 11 is 16.3. The van der Waals surface area contributed by atoms with Gasteiger partial charge in [0.05, 0.1) is 40.2 Å². The Balaban J connectivity index is 0.837. The van der Waals surface area contributed by atoms with Crippen molar-refractivity contribution < 1.29 is 46.6 Å². The number of nitrogen functional groups attached to an aromatic ring is 2. The van der Waals surface area contributed by atoms with Gasteiger partial charge in [-0.15, -0.1) is 0 Å². The summed E-state index contributed by atoms with van der Waals surface area (Å²) in [4.78, 5) is 8.22. The summed E-state index contributed by atoms with van der Waals surface area (Å²) in [6.07, 6.45) is 16.9. The van der Waals surface area contributed by atoms with Crippen LogP contribution in [0, 0.1) is 22.7 Å². The molecule has 0 aliphatic carbocycles. The predicted octanol–water partition coefficient (Wildman–Crippen LogP) is 13.2. The van der Waals surface area contributed by atoms with Crippen LogP contribution in [0.25, 0.3) is 11.0 Å². The summed E-state index contributed by atoms with van der Waals surface area (Å²) < 4.78 is 76.5. The van der Waals surface area contributed by atoms with Crippen LogP contribution < -0.4 is 20.5 Å². The molecule has 4 saturated heterocycles. The Morgan fingerprint density at radius 2 is 1.02 bits per heavy atom. The number of benzene rings is 2. The van der Waals surface area contributed by atoms with Crippen molar-refractivity contribution in [3.05, 3.63) is 106 Å². The summed E-state index contributed by atoms with van der Waals surface area (Å²) in [5.74, 6) is 0.0762. The van der Waals surface area contributed by atoms with Crippen LogP contribution in [0.3, 0.4) is 0 Å². The number of phosphoric ester groups is 1. The summed E-state index contributed by atoms with van der Waals surface area (Å²) in [5, 5.41) is 31.0. The smallest absolute Gasteiger partial charge is 0.393 e. The molecule has 4 N–H and O–H groups in total. The van der Waals surface area contributed by atoms with Crippen molar-refractivity contribution in [1.29, 1.82) is 10.5 Å². The van der Waals surface area contributed by atoms with E-state index in [4.69, 9.17) is 76.7 Å². The standard InChI is InChI=1S/C61H77Cl2N10O10PS/c1-6-7-8-9-10-11-12-13-14-15-16-17-18-19-32-85-33-22-31-75-84(74,82-44-25-20-23-40(50(44)62)34-46-52-54(80-58(2,3)78-52)60(36-64,76-46)48-29-27-42-56(66)68-38-70-72(42)48)83-45-26-21-24-41(51(45)63)35-47-53-55(81-59(4,5)79-53)61(37-65,77-47)49-30-28-43-57(67)69-39-71-73(43)49/h20-21,23-30,38-39,46-47,52-55H,6-19,22,31-35H2,1-5H3,(H2,66,68,70)(H2,67,69,71)/t46-,47-,52-,53-,54-,55-,60+,61+/m1/s1. The van der Waals surface area contributed by atoms with Gasteiger partial charge < -0.3 is 48.9 Å². The second kappa shape index (κ2) is 27.0. The molecule has 0 spiro atoms. The Morgan fingerprint density at radius 3 is 1.46 bits per heavy atom. The zero-order valence-electron chi connectivity index (χ0n) is 49.0. The number of unbranched alkanes of at least 4 members (excludes halogenated alkanes) is 13. The molecule has 4 aliphatic rings. The van der Waals surface area contributed by atoms with Gasteiger partial charge in [-0.05, 0) is 99.6 Å². The van der Waals surface area contributed by atoms with Gasteiger partial charge in [-0.25, -0.2) is 23.6 Å². The average molecular weight is 1240 g/mol. The lowest BCUT2D eigenvalue weighted by molar-refractivity contribution is -0.201. The number of anilines is 2. The Kier molecular flexibility index (Phi) is 19.9. The molecular formula is C61H77Cl2N10O10PS. The third-order valence-corrected chi connectivity index (χ3v) is 19.5. The number of fused-ring (bicyclic) bond motifs is 4. The Morgan fingerprint density at radius 1 is 0.600 bits per heavy atom. The second-order valence-corrected chi connectivity index (χ2v) is 26.8. The molecule has 24 heteroatoms. The molecule has 10 rings (SSSR count). The number of aromatic nitrogens is 6. The van der Waals surface area contributed by atoms with E-state index in [0.717, 1.165) is 17.9 Å². The average Bonchev–Trinajstić information content (AvgIpc) is 1.72. The molecule has 456 valence electrons. The van der Waals surface area contributed by atoms with Gasteiger partial charge in [-0.1, -0.05) is 138 Å². The maximum absolute atomic E-state index is 15.3. The van der Waals surface area contributed by atoms with E-state index in [1.165, 1.54) is 105 Å². The topological polar surface area (TPSA) is 260 Å². The van der Waals surface area contributed by atoms with Crippen molar-refractivity contribution in [3.8, 4) is 23.6 Å². The summed E-state index contributed by atoms with van der Waals surface area (Å²) in [6, 6.07) is 21.8. The zero-order valence-corrected chi connectivity index (χ0v) is 52.2. The van der Waals surface area contributed by atoms with Crippen LogP contribution in [0.5, 0.6) is 11.5 Å². The van der Waals surface area contributed by atoms with Crippen molar-refractivity contribution in [3.63, 3.8) is 0 Å². The van der Waals surface area contributed by atoms with Gasteiger partial charge in [0.15, 0.2) is 34.7 Å². The normalized spacial score (nSPS) is 24.9. The number of ether oxygens (including phenoxy) is 6. The molecule has 6 aromatic rings. The number of halogens is 2. The first-order valence-corrected chi connectivity index (χ1v) is 33.1. The number of phosphoric acid groups is 1. The highest BCUT2D eigenvalue weighted by atomic mass is 35.5. The fourth-order valence-corrected chi connectivity index (χ4v) is 14.9. The molecule has 8 atom stereocenters. The minimum absolute atomic E-state index is 0.000834. The first-order chi connectivity index (χ1) is 40.9. The maximum atomic E-state index is 15.3. The Labute approximate surface area is 511 Å². The van der Waals surface area contributed by atoms with Crippen molar-refractivity contribution in [2.24, 2.45) is 0 Å². The molecule has 4 fully saturated rings. The molecule has 4 aromatic heterocycles. The third kappa shape index (κ3) is 13.6.